The minimum absolute atomic E-state index is 0.0305. The van der Waals surface area contributed by atoms with Gasteiger partial charge in [-0.1, -0.05) is 24.3 Å². The molecule has 1 unspecified atom stereocenters. The van der Waals surface area contributed by atoms with Crippen LogP contribution in [0, 0.1) is 5.82 Å². The summed E-state index contributed by atoms with van der Waals surface area (Å²) in [4.78, 5) is 18.6. The normalized spacial score (nSPS) is 21.5. The molecule has 1 aromatic heterocycles. The Morgan fingerprint density at radius 1 is 1.21 bits per heavy atom. The van der Waals surface area contributed by atoms with Gasteiger partial charge in [0.1, 0.15) is 11.9 Å². The van der Waals surface area contributed by atoms with Gasteiger partial charge in [-0.15, -0.1) is 0 Å². The van der Waals surface area contributed by atoms with Gasteiger partial charge < -0.3 is 14.4 Å². The molecule has 2 aromatic rings. The minimum Gasteiger partial charge on any atom is -0.474 e. The summed E-state index contributed by atoms with van der Waals surface area (Å²) in [6, 6.07) is 12.1. The Labute approximate surface area is 164 Å². The lowest BCUT2D eigenvalue weighted by Crippen LogP contribution is -2.52. The fraction of sp³-hybridized carbons (Fsp3) is 0.455. The smallest absolute Gasteiger partial charge is 0.227 e. The van der Waals surface area contributed by atoms with Crippen molar-refractivity contribution in [2.24, 2.45) is 0 Å². The van der Waals surface area contributed by atoms with Crippen LogP contribution in [0.1, 0.15) is 31.2 Å². The molecule has 3 heterocycles. The van der Waals surface area contributed by atoms with Crippen LogP contribution in [-0.4, -0.2) is 47.2 Å². The SMILES string of the molecule is O=C(Cc1ccccc1F)N1CCC2(CC1)CC(Oc1ccccn1)CCO2. The first-order valence-corrected chi connectivity index (χ1v) is 9.86. The number of likely N-dealkylation sites (tertiary alicyclic amines) is 1. The third-order valence-electron chi connectivity index (χ3n) is 5.70. The highest BCUT2D eigenvalue weighted by atomic mass is 19.1. The van der Waals surface area contributed by atoms with Crippen LogP contribution in [0.4, 0.5) is 4.39 Å². The molecule has 0 N–H and O–H groups in total. The lowest BCUT2D eigenvalue weighted by Gasteiger charge is -2.46. The molecule has 1 spiro atoms. The number of hydrogen-bond acceptors (Lipinski definition) is 4. The number of carbonyl (C=O) groups is 1. The van der Waals surface area contributed by atoms with Gasteiger partial charge in [-0.2, -0.15) is 0 Å². The second kappa shape index (κ2) is 8.27. The maximum atomic E-state index is 13.8. The number of pyridine rings is 1. The lowest BCUT2D eigenvalue weighted by molar-refractivity contribution is -0.151. The zero-order valence-corrected chi connectivity index (χ0v) is 15.9. The van der Waals surface area contributed by atoms with E-state index in [1.54, 1.807) is 24.4 Å². The highest BCUT2D eigenvalue weighted by Crippen LogP contribution is 2.36. The lowest BCUT2D eigenvalue weighted by atomic mass is 9.83. The molecule has 0 saturated carbocycles. The van der Waals surface area contributed by atoms with E-state index in [0.717, 1.165) is 25.7 Å². The zero-order chi connectivity index (χ0) is 19.4. The number of amides is 1. The first kappa shape index (κ1) is 18.9. The number of piperidine rings is 1. The van der Waals surface area contributed by atoms with E-state index in [-0.39, 0.29) is 29.9 Å². The molecule has 2 fully saturated rings. The number of rotatable bonds is 4. The third-order valence-corrected chi connectivity index (χ3v) is 5.70. The van der Waals surface area contributed by atoms with E-state index in [1.807, 2.05) is 23.1 Å². The Kier molecular flexibility index (Phi) is 5.57. The van der Waals surface area contributed by atoms with E-state index in [2.05, 4.69) is 4.98 Å². The maximum absolute atomic E-state index is 13.8. The van der Waals surface area contributed by atoms with Crippen LogP contribution >= 0.6 is 0 Å². The Hall–Kier alpha value is -2.47. The van der Waals surface area contributed by atoms with Gasteiger partial charge in [-0.3, -0.25) is 4.79 Å². The summed E-state index contributed by atoms with van der Waals surface area (Å²) >= 11 is 0. The average molecular weight is 384 g/mol. The van der Waals surface area contributed by atoms with Crippen molar-refractivity contribution in [2.75, 3.05) is 19.7 Å². The van der Waals surface area contributed by atoms with Crippen molar-refractivity contribution in [3.63, 3.8) is 0 Å². The second-order valence-electron chi connectivity index (χ2n) is 7.58. The first-order valence-electron chi connectivity index (χ1n) is 9.86. The fourth-order valence-electron chi connectivity index (χ4n) is 4.10. The molecule has 2 aliphatic heterocycles. The van der Waals surface area contributed by atoms with E-state index in [4.69, 9.17) is 9.47 Å². The van der Waals surface area contributed by atoms with Crippen LogP contribution in [0.15, 0.2) is 48.7 Å². The van der Waals surface area contributed by atoms with Crippen LogP contribution in [0.5, 0.6) is 5.88 Å². The number of halogens is 1. The third kappa shape index (κ3) is 4.33. The topological polar surface area (TPSA) is 51.7 Å². The molecule has 0 bridgehead atoms. The number of nitrogens with zero attached hydrogens (tertiary/aromatic N) is 2. The van der Waals surface area contributed by atoms with E-state index in [1.165, 1.54) is 6.07 Å². The van der Waals surface area contributed by atoms with Crippen molar-refractivity contribution in [3.8, 4) is 5.88 Å². The van der Waals surface area contributed by atoms with Crippen LogP contribution in [0.3, 0.4) is 0 Å². The van der Waals surface area contributed by atoms with Crippen molar-refractivity contribution in [1.82, 2.24) is 9.88 Å². The Balaban J connectivity index is 1.32. The average Bonchev–Trinajstić information content (AvgIpc) is 2.71. The van der Waals surface area contributed by atoms with Crippen molar-refractivity contribution < 1.29 is 18.7 Å². The summed E-state index contributed by atoms with van der Waals surface area (Å²) < 4.78 is 26.0. The van der Waals surface area contributed by atoms with Gasteiger partial charge in [0, 0.05) is 38.2 Å². The van der Waals surface area contributed by atoms with Crippen molar-refractivity contribution in [2.45, 2.75) is 43.8 Å². The van der Waals surface area contributed by atoms with E-state index < -0.39 is 0 Å². The first-order chi connectivity index (χ1) is 13.6. The Bertz CT molecular complexity index is 806. The predicted octanol–water partition coefficient (Wildman–Crippen LogP) is 3.38. The molecular weight excluding hydrogens is 359 g/mol. The summed E-state index contributed by atoms with van der Waals surface area (Å²) in [7, 11) is 0. The molecule has 1 aromatic carbocycles. The molecule has 0 aliphatic carbocycles. The summed E-state index contributed by atoms with van der Waals surface area (Å²) in [5.41, 5.74) is 0.206. The summed E-state index contributed by atoms with van der Waals surface area (Å²) in [6.45, 7) is 1.91. The molecule has 1 amide bonds. The molecular formula is C22H25FN2O3. The van der Waals surface area contributed by atoms with E-state index in [9.17, 15) is 9.18 Å². The maximum Gasteiger partial charge on any atom is 0.227 e. The zero-order valence-electron chi connectivity index (χ0n) is 15.9. The molecule has 1 atom stereocenters. The summed E-state index contributed by atoms with van der Waals surface area (Å²) in [5.74, 6) is 0.286. The Morgan fingerprint density at radius 3 is 2.75 bits per heavy atom. The van der Waals surface area contributed by atoms with Gasteiger partial charge in [0.25, 0.3) is 0 Å². The van der Waals surface area contributed by atoms with Crippen LogP contribution < -0.4 is 4.74 Å². The molecule has 5 nitrogen and oxygen atoms in total. The van der Waals surface area contributed by atoms with Crippen molar-refractivity contribution in [3.05, 3.63) is 60.0 Å². The van der Waals surface area contributed by atoms with E-state index >= 15 is 0 Å². The Morgan fingerprint density at radius 2 is 2.00 bits per heavy atom. The predicted molar refractivity (Wildman–Crippen MR) is 102 cm³/mol. The number of ether oxygens (including phenoxy) is 2. The molecule has 4 rings (SSSR count). The quantitative estimate of drug-likeness (QED) is 0.811. The molecule has 0 radical (unpaired) electrons. The molecule has 2 aliphatic rings. The van der Waals surface area contributed by atoms with Crippen molar-refractivity contribution in [1.29, 1.82) is 0 Å². The van der Waals surface area contributed by atoms with Gasteiger partial charge >= 0.3 is 0 Å². The second-order valence-corrected chi connectivity index (χ2v) is 7.58. The van der Waals surface area contributed by atoms with Gasteiger partial charge in [-0.05, 0) is 30.5 Å². The fourth-order valence-corrected chi connectivity index (χ4v) is 4.10. The van der Waals surface area contributed by atoms with Crippen molar-refractivity contribution >= 4 is 5.91 Å². The monoisotopic (exact) mass is 384 g/mol. The number of carbonyl (C=O) groups excluding carboxylic acids is 1. The summed E-state index contributed by atoms with van der Waals surface area (Å²) in [5, 5.41) is 0. The highest BCUT2D eigenvalue weighted by Gasteiger charge is 2.42. The number of aromatic nitrogens is 1. The molecule has 28 heavy (non-hydrogen) atoms. The molecule has 148 valence electrons. The van der Waals surface area contributed by atoms with Gasteiger partial charge in [0.05, 0.1) is 18.6 Å². The minimum atomic E-state index is -0.325. The van der Waals surface area contributed by atoms with Gasteiger partial charge in [0.15, 0.2) is 0 Å². The van der Waals surface area contributed by atoms with E-state index in [0.29, 0.717) is 31.1 Å². The van der Waals surface area contributed by atoms with Gasteiger partial charge in [0.2, 0.25) is 11.8 Å². The number of hydrogen-bond donors (Lipinski definition) is 0. The molecule has 6 heteroatoms. The molecule has 2 saturated heterocycles. The largest absolute Gasteiger partial charge is 0.474 e. The highest BCUT2D eigenvalue weighted by molar-refractivity contribution is 5.79. The van der Waals surface area contributed by atoms with Crippen LogP contribution in [0.2, 0.25) is 0 Å². The number of benzene rings is 1. The van der Waals surface area contributed by atoms with Gasteiger partial charge in [-0.25, -0.2) is 9.37 Å². The summed E-state index contributed by atoms with van der Waals surface area (Å²) in [6.07, 6.45) is 5.10. The van der Waals surface area contributed by atoms with Crippen LogP contribution in [0.25, 0.3) is 0 Å². The van der Waals surface area contributed by atoms with Crippen LogP contribution in [-0.2, 0) is 16.0 Å². The standard InChI is InChI=1S/C22H25FN2O3/c23-19-6-2-1-5-17(19)15-21(26)25-12-9-22(10-13-25)16-18(8-14-27-22)28-20-7-3-4-11-24-20/h1-7,11,18H,8-10,12-16H2.